The molecule has 0 radical (unpaired) electrons. The molecular weight excluding hydrogens is 320 g/mol. The van der Waals surface area contributed by atoms with Gasteiger partial charge in [-0.15, -0.1) is 5.10 Å². The Morgan fingerprint density at radius 2 is 2.09 bits per heavy atom. The summed E-state index contributed by atoms with van der Waals surface area (Å²) in [4.78, 5) is 0. The lowest BCUT2D eigenvalue weighted by molar-refractivity contribution is 0.686. The number of nitrogens with one attached hydrogen (secondary N) is 1. The van der Waals surface area contributed by atoms with Crippen LogP contribution in [0.15, 0.2) is 18.2 Å². The minimum Gasteiger partial charge on any atom is -0.338 e. The number of rotatable bonds is 4. The maximum Gasteiger partial charge on any atom is 0.171 e. The van der Waals surface area contributed by atoms with E-state index in [2.05, 4.69) is 21.6 Å². The van der Waals surface area contributed by atoms with Gasteiger partial charge in [0.05, 0.1) is 5.69 Å². The van der Waals surface area contributed by atoms with E-state index in [1.807, 2.05) is 19.9 Å². The van der Waals surface area contributed by atoms with Gasteiger partial charge < -0.3 is 5.32 Å². The Kier molecular flexibility index (Phi) is 5.11. The largest absolute Gasteiger partial charge is 0.338 e. The summed E-state index contributed by atoms with van der Waals surface area (Å²) < 4.78 is 11.4. The number of halogens is 1. The first kappa shape index (κ1) is 16.4. The summed E-state index contributed by atoms with van der Waals surface area (Å²) >= 11 is 6.11. The van der Waals surface area contributed by atoms with Gasteiger partial charge in [0.15, 0.2) is 5.82 Å². The third-order valence-corrected chi connectivity index (χ3v) is 4.32. The van der Waals surface area contributed by atoms with E-state index in [9.17, 15) is 9.47 Å². The third kappa shape index (κ3) is 3.62. The molecule has 0 bridgehead atoms. The predicted molar refractivity (Wildman–Crippen MR) is 88.7 cm³/mol. The highest BCUT2D eigenvalue weighted by molar-refractivity contribution is 7.83. The summed E-state index contributed by atoms with van der Waals surface area (Å²) in [5, 5.41) is 21.0. The molecule has 1 heterocycles. The third-order valence-electron chi connectivity index (χ3n) is 3.23. The molecule has 1 aromatic heterocycles. The van der Waals surface area contributed by atoms with Crippen LogP contribution < -0.4 is 5.32 Å². The Balaban J connectivity index is 2.38. The fourth-order valence-corrected chi connectivity index (χ4v) is 2.89. The number of nitrogens with zero attached hydrogens (tertiary/aromatic N) is 3. The second-order valence-electron chi connectivity index (χ2n) is 4.89. The van der Waals surface area contributed by atoms with E-state index in [-0.39, 0.29) is 0 Å². The van der Waals surface area contributed by atoms with Crippen molar-refractivity contribution in [2.45, 2.75) is 19.6 Å². The number of nitriles is 1. The minimum absolute atomic E-state index is 0.373. The van der Waals surface area contributed by atoms with Crippen LogP contribution in [0.3, 0.4) is 0 Å². The molecule has 0 aliphatic carbocycles. The normalized spacial score (nSPS) is 11.8. The van der Waals surface area contributed by atoms with Gasteiger partial charge in [0.1, 0.15) is 11.6 Å². The lowest BCUT2D eigenvalue weighted by Gasteiger charge is -2.11. The van der Waals surface area contributed by atoms with Gasteiger partial charge in [0.25, 0.3) is 0 Å². The van der Waals surface area contributed by atoms with Gasteiger partial charge in [-0.25, -0.2) is 0 Å². The number of aromatic nitrogens is 2. The van der Waals surface area contributed by atoms with Gasteiger partial charge >= 0.3 is 0 Å². The smallest absolute Gasteiger partial charge is 0.171 e. The van der Waals surface area contributed by atoms with Crippen molar-refractivity contribution in [2.75, 3.05) is 11.6 Å². The SMILES string of the molecule is Cc1nnc(Nc2ccc(Cl)c(CS(C)=O)c2)c(C#N)c1C. The molecule has 0 spiro atoms. The van der Waals surface area contributed by atoms with Crippen molar-refractivity contribution in [3.8, 4) is 6.07 Å². The summed E-state index contributed by atoms with van der Waals surface area (Å²) in [5.74, 6) is 0.773. The van der Waals surface area contributed by atoms with Crippen molar-refractivity contribution in [2.24, 2.45) is 0 Å². The van der Waals surface area contributed by atoms with Crippen molar-refractivity contribution >= 4 is 33.9 Å². The molecule has 1 aromatic carbocycles. The number of hydrogen-bond donors (Lipinski definition) is 1. The van der Waals surface area contributed by atoms with E-state index in [1.54, 1.807) is 18.4 Å². The Bertz CT molecular complexity index is 786. The predicted octanol–water partition coefficient (Wildman–Crippen LogP) is 3.24. The van der Waals surface area contributed by atoms with E-state index in [4.69, 9.17) is 11.6 Å². The zero-order valence-corrected chi connectivity index (χ0v) is 14.0. The number of hydrogen-bond acceptors (Lipinski definition) is 5. The number of aryl methyl sites for hydroxylation is 1. The Morgan fingerprint density at radius 1 is 1.36 bits per heavy atom. The quantitative estimate of drug-likeness (QED) is 0.928. The summed E-state index contributed by atoms with van der Waals surface area (Å²) in [6.07, 6.45) is 1.62. The Labute approximate surface area is 136 Å². The maximum atomic E-state index is 11.4. The van der Waals surface area contributed by atoms with E-state index in [0.717, 1.165) is 22.5 Å². The minimum atomic E-state index is -0.987. The summed E-state index contributed by atoms with van der Waals surface area (Å²) in [6.45, 7) is 3.64. The van der Waals surface area contributed by atoms with Crippen molar-refractivity contribution in [1.29, 1.82) is 5.26 Å². The van der Waals surface area contributed by atoms with Gasteiger partial charge in [-0.1, -0.05) is 11.6 Å². The first-order valence-corrected chi connectivity index (χ1v) is 8.62. The molecule has 0 saturated heterocycles. The van der Waals surface area contributed by atoms with Crippen molar-refractivity contribution < 1.29 is 4.21 Å². The molecule has 1 unspecified atom stereocenters. The highest BCUT2D eigenvalue weighted by Gasteiger charge is 2.12. The molecule has 114 valence electrons. The highest BCUT2D eigenvalue weighted by Crippen LogP contribution is 2.26. The Morgan fingerprint density at radius 3 is 2.73 bits per heavy atom. The van der Waals surface area contributed by atoms with Crippen LogP contribution in [0.25, 0.3) is 0 Å². The molecule has 7 heteroatoms. The lowest BCUT2D eigenvalue weighted by atomic mass is 10.1. The molecule has 1 atom stereocenters. The fourth-order valence-electron chi connectivity index (χ4n) is 1.95. The van der Waals surface area contributed by atoms with Gasteiger partial charge in [-0.3, -0.25) is 4.21 Å². The van der Waals surface area contributed by atoms with E-state index in [0.29, 0.717) is 22.2 Å². The Hall–Kier alpha value is -1.97. The lowest BCUT2D eigenvalue weighted by Crippen LogP contribution is -2.04. The topological polar surface area (TPSA) is 78.7 Å². The van der Waals surface area contributed by atoms with Crippen molar-refractivity contribution in [3.05, 3.63) is 45.6 Å². The second kappa shape index (κ2) is 6.86. The van der Waals surface area contributed by atoms with Gasteiger partial charge in [0, 0.05) is 33.5 Å². The standard InChI is InChI=1S/C15H15ClN4OS/c1-9-10(2)19-20-15(13(9)7-17)18-12-4-5-14(16)11(6-12)8-22(3)21/h4-6H,8H2,1-3H3,(H,18,20). The first-order valence-electron chi connectivity index (χ1n) is 6.51. The van der Waals surface area contributed by atoms with Crippen LogP contribution in [0.4, 0.5) is 11.5 Å². The summed E-state index contributed by atoms with van der Waals surface area (Å²) in [5.41, 5.74) is 3.48. The van der Waals surface area contributed by atoms with Gasteiger partial charge in [0.2, 0.25) is 0 Å². The molecule has 5 nitrogen and oxygen atoms in total. The molecule has 2 aromatic rings. The van der Waals surface area contributed by atoms with Crippen LogP contribution in [0.5, 0.6) is 0 Å². The zero-order chi connectivity index (χ0) is 16.3. The average Bonchev–Trinajstić information content (AvgIpc) is 2.46. The van der Waals surface area contributed by atoms with Crippen LogP contribution in [0.2, 0.25) is 5.02 Å². The monoisotopic (exact) mass is 334 g/mol. The summed E-state index contributed by atoms with van der Waals surface area (Å²) in [6, 6.07) is 7.46. The van der Waals surface area contributed by atoms with Crippen LogP contribution in [-0.4, -0.2) is 20.7 Å². The molecular formula is C15H15ClN4OS. The number of anilines is 2. The molecule has 0 aliphatic rings. The van der Waals surface area contributed by atoms with E-state index in [1.165, 1.54) is 0 Å². The first-order chi connectivity index (χ1) is 10.4. The van der Waals surface area contributed by atoms with Crippen LogP contribution in [0, 0.1) is 25.2 Å². The maximum absolute atomic E-state index is 11.4. The van der Waals surface area contributed by atoms with Crippen molar-refractivity contribution in [1.82, 2.24) is 10.2 Å². The molecule has 2 rings (SSSR count). The summed E-state index contributed by atoms with van der Waals surface area (Å²) in [7, 11) is -0.987. The van der Waals surface area contributed by atoms with Crippen molar-refractivity contribution in [3.63, 3.8) is 0 Å². The van der Waals surface area contributed by atoms with E-state index < -0.39 is 10.8 Å². The highest BCUT2D eigenvalue weighted by atomic mass is 35.5. The molecule has 22 heavy (non-hydrogen) atoms. The van der Waals surface area contributed by atoms with Crippen LogP contribution in [-0.2, 0) is 16.6 Å². The van der Waals surface area contributed by atoms with Gasteiger partial charge in [-0.2, -0.15) is 10.4 Å². The van der Waals surface area contributed by atoms with Crippen LogP contribution in [0.1, 0.15) is 22.4 Å². The number of benzene rings is 1. The van der Waals surface area contributed by atoms with Crippen LogP contribution >= 0.6 is 11.6 Å². The average molecular weight is 335 g/mol. The molecule has 0 amide bonds. The molecule has 0 saturated carbocycles. The molecule has 0 aliphatic heterocycles. The van der Waals surface area contributed by atoms with E-state index >= 15 is 0 Å². The molecule has 1 N–H and O–H groups in total. The van der Waals surface area contributed by atoms with Gasteiger partial charge in [-0.05, 0) is 43.2 Å². The molecule has 0 fully saturated rings. The fraction of sp³-hybridized carbons (Fsp3) is 0.267. The second-order valence-corrected chi connectivity index (χ2v) is 6.74. The zero-order valence-electron chi connectivity index (χ0n) is 12.5.